The third-order valence-corrected chi connectivity index (χ3v) is 6.73. The van der Waals surface area contributed by atoms with Gasteiger partial charge in [0.05, 0.1) is 4.92 Å². The fourth-order valence-electron chi connectivity index (χ4n) is 3.43. The van der Waals surface area contributed by atoms with E-state index in [1.807, 2.05) is 13.1 Å². The number of nitro groups is 1. The number of unbranched alkanes of at least 4 members (excludes halogenated alkanes) is 12. The predicted molar refractivity (Wildman–Crippen MR) is 123 cm³/mol. The Hall–Kier alpha value is -1.40. The molecular weight excluding hydrogens is 382 g/mol. The van der Waals surface area contributed by atoms with Gasteiger partial charge in [0.15, 0.2) is 5.75 Å². The lowest BCUT2D eigenvalue weighted by atomic mass is 10.0. The van der Waals surface area contributed by atoms with Gasteiger partial charge in [-0.2, -0.15) is 0 Å². The zero-order valence-electron chi connectivity index (χ0n) is 18.8. The second-order valence-electron chi connectivity index (χ2n) is 8.32. The molecule has 29 heavy (non-hydrogen) atoms. The second kappa shape index (κ2) is 15.4. The number of nitrogens with zero attached hydrogens (tertiary/aromatic N) is 1. The van der Waals surface area contributed by atoms with Crippen molar-refractivity contribution in [2.24, 2.45) is 0 Å². The van der Waals surface area contributed by atoms with E-state index in [0.29, 0.717) is 12.4 Å². The molecule has 0 bridgehead atoms. The summed E-state index contributed by atoms with van der Waals surface area (Å²) in [6.45, 7) is 6.80. The van der Waals surface area contributed by atoms with Crippen molar-refractivity contribution in [3.63, 3.8) is 0 Å². The summed E-state index contributed by atoms with van der Waals surface area (Å²) in [5, 5.41) is 11.1. The average Bonchev–Trinajstić information content (AvgIpc) is 2.68. The number of rotatable bonds is 18. The van der Waals surface area contributed by atoms with Crippen LogP contribution >= 0.6 is 0 Å². The number of hydrogen-bond acceptors (Lipinski definition) is 4. The minimum absolute atomic E-state index is 0.00219. The number of benzene rings is 1. The van der Waals surface area contributed by atoms with Gasteiger partial charge >= 0.3 is 14.2 Å². The Morgan fingerprint density at radius 1 is 0.828 bits per heavy atom. The largest absolute Gasteiger partial charge is 0.515 e. The molecule has 0 radical (unpaired) electrons. The van der Waals surface area contributed by atoms with E-state index in [2.05, 4.69) is 6.92 Å². The third kappa shape index (κ3) is 12.7. The van der Waals surface area contributed by atoms with Crippen molar-refractivity contribution in [2.45, 2.75) is 103 Å². The monoisotopic (exact) mass is 423 g/mol. The van der Waals surface area contributed by atoms with E-state index >= 15 is 0 Å². The molecule has 0 N–H and O–H groups in total. The van der Waals surface area contributed by atoms with E-state index in [0.717, 1.165) is 6.42 Å². The van der Waals surface area contributed by atoms with Crippen LogP contribution in [0.3, 0.4) is 0 Å². The number of hydrogen-bond donors (Lipinski definition) is 0. The fourth-order valence-corrected chi connectivity index (χ4v) is 4.82. The summed E-state index contributed by atoms with van der Waals surface area (Å²) >= 11 is 0. The molecule has 1 aromatic carbocycles. The molecule has 0 amide bonds. The van der Waals surface area contributed by atoms with Crippen LogP contribution in [0, 0.1) is 10.1 Å². The molecule has 1 aromatic rings. The third-order valence-electron chi connectivity index (χ3n) is 5.12. The lowest BCUT2D eigenvalue weighted by Gasteiger charge is -2.23. The molecule has 5 nitrogen and oxygen atoms in total. The van der Waals surface area contributed by atoms with Crippen molar-refractivity contribution >= 4 is 14.2 Å². The molecule has 0 aliphatic heterocycles. The highest BCUT2D eigenvalue weighted by Gasteiger charge is 2.29. The average molecular weight is 424 g/mol. The van der Waals surface area contributed by atoms with Crippen LogP contribution in [0.4, 0.5) is 5.69 Å². The molecule has 0 unspecified atom stereocenters. The van der Waals surface area contributed by atoms with E-state index in [1.54, 1.807) is 18.2 Å². The predicted octanol–water partition coefficient (Wildman–Crippen LogP) is 7.78. The van der Waals surface area contributed by atoms with E-state index in [4.69, 9.17) is 8.85 Å². The molecule has 0 aliphatic carbocycles. The summed E-state index contributed by atoms with van der Waals surface area (Å²) < 4.78 is 11.8. The minimum Gasteiger partial charge on any atom is -0.515 e. The van der Waals surface area contributed by atoms with Gasteiger partial charge in [-0.1, -0.05) is 96.1 Å². The zero-order chi connectivity index (χ0) is 21.4. The molecule has 0 aliphatic rings. The SMILES string of the molecule is CCCCCCCCCCCCCCCO[Si](C)(C)Oc1ccccc1[N+](=O)[O-]. The Labute approximate surface area is 178 Å². The van der Waals surface area contributed by atoms with Crippen LogP contribution in [-0.2, 0) is 4.43 Å². The van der Waals surface area contributed by atoms with E-state index in [-0.39, 0.29) is 5.69 Å². The van der Waals surface area contributed by atoms with Crippen LogP contribution in [0.1, 0.15) is 90.4 Å². The Kier molecular flexibility index (Phi) is 13.6. The Balaban J connectivity index is 2.03. The van der Waals surface area contributed by atoms with E-state index < -0.39 is 13.5 Å². The lowest BCUT2D eigenvalue weighted by Crippen LogP contribution is -2.38. The molecule has 1 rings (SSSR count). The van der Waals surface area contributed by atoms with Crippen LogP contribution in [0.5, 0.6) is 5.75 Å². The molecule has 166 valence electrons. The lowest BCUT2D eigenvalue weighted by molar-refractivity contribution is -0.385. The first-order valence-corrected chi connectivity index (χ1v) is 14.3. The van der Waals surface area contributed by atoms with Gasteiger partial charge in [0.1, 0.15) is 0 Å². The van der Waals surface area contributed by atoms with Gasteiger partial charge in [-0.3, -0.25) is 10.1 Å². The highest BCUT2D eigenvalue weighted by atomic mass is 28.4. The van der Waals surface area contributed by atoms with Gasteiger partial charge in [0, 0.05) is 12.7 Å². The molecule has 0 saturated heterocycles. The van der Waals surface area contributed by atoms with Gasteiger partial charge in [-0.25, -0.2) is 0 Å². The first-order chi connectivity index (χ1) is 14.0. The van der Waals surface area contributed by atoms with E-state index in [9.17, 15) is 10.1 Å². The van der Waals surface area contributed by atoms with Gasteiger partial charge in [0.25, 0.3) is 0 Å². The van der Waals surface area contributed by atoms with Crippen molar-refractivity contribution < 1.29 is 13.8 Å². The first kappa shape index (κ1) is 25.6. The van der Waals surface area contributed by atoms with Gasteiger partial charge in [-0.15, -0.1) is 0 Å². The van der Waals surface area contributed by atoms with Crippen molar-refractivity contribution in [1.29, 1.82) is 0 Å². The fraction of sp³-hybridized carbons (Fsp3) is 0.739. The maximum absolute atomic E-state index is 11.1. The van der Waals surface area contributed by atoms with Crippen LogP contribution < -0.4 is 4.43 Å². The van der Waals surface area contributed by atoms with Gasteiger partial charge in [-0.05, 0) is 25.6 Å². The van der Waals surface area contributed by atoms with Crippen LogP contribution in [-0.4, -0.2) is 20.1 Å². The van der Waals surface area contributed by atoms with Crippen molar-refractivity contribution in [1.82, 2.24) is 0 Å². The summed E-state index contributed by atoms with van der Waals surface area (Å²) in [6, 6.07) is 6.50. The van der Waals surface area contributed by atoms with Crippen molar-refractivity contribution in [2.75, 3.05) is 6.61 Å². The smallest absolute Gasteiger partial charge is 0.392 e. The molecule has 6 heteroatoms. The number of nitro benzene ring substituents is 1. The summed E-state index contributed by atoms with van der Waals surface area (Å²) in [5.41, 5.74) is -0.00219. The molecule has 0 spiro atoms. The maximum atomic E-state index is 11.1. The zero-order valence-corrected chi connectivity index (χ0v) is 19.8. The van der Waals surface area contributed by atoms with Gasteiger partial charge in [0.2, 0.25) is 0 Å². The molecule has 0 atom stereocenters. The van der Waals surface area contributed by atoms with Crippen LogP contribution in [0.15, 0.2) is 24.3 Å². The molecule has 0 fully saturated rings. The normalized spacial score (nSPS) is 11.6. The van der Waals surface area contributed by atoms with E-state index in [1.165, 1.54) is 83.1 Å². The quantitative estimate of drug-likeness (QED) is 0.105. The molecule has 0 heterocycles. The Bertz CT molecular complexity index is 566. The standard InChI is InChI=1S/C23H41NO4Si/c1-4-5-6-7-8-9-10-11-12-13-14-15-18-21-27-29(2,3)28-23-20-17-16-19-22(23)24(25)26/h16-17,19-20H,4-15,18,21H2,1-3H3. The minimum atomic E-state index is -2.43. The molecule has 0 aromatic heterocycles. The van der Waals surface area contributed by atoms with Gasteiger partial charge < -0.3 is 8.85 Å². The summed E-state index contributed by atoms with van der Waals surface area (Å²) in [4.78, 5) is 10.7. The highest BCUT2D eigenvalue weighted by molar-refractivity contribution is 6.65. The summed E-state index contributed by atoms with van der Waals surface area (Å²) in [5.74, 6) is 0.305. The molecule has 0 saturated carbocycles. The maximum Gasteiger partial charge on any atom is 0.392 e. The first-order valence-electron chi connectivity index (χ1n) is 11.5. The van der Waals surface area contributed by atoms with Crippen LogP contribution in [0.25, 0.3) is 0 Å². The van der Waals surface area contributed by atoms with Crippen molar-refractivity contribution in [3.8, 4) is 5.75 Å². The number of para-hydroxylation sites is 2. The Morgan fingerprint density at radius 3 is 1.83 bits per heavy atom. The molecular formula is C23H41NO4Si. The topological polar surface area (TPSA) is 61.6 Å². The van der Waals surface area contributed by atoms with Crippen molar-refractivity contribution in [3.05, 3.63) is 34.4 Å². The highest BCUT2D eigenvalue weighted by Crippen LogP contribution is 2.28. The van der Waals surface area contributed by atoms with Crippen LogP contribution in [0.2, 0.25) is 13.1 Å². The Morgan fingerprint density at radius 2 is 1.31 bits per heavy atom. The summed E-state index contributed by atoms with van der Waals surface area (Å²) in [6.07, 6.45) is 17.2. The second-order valence-corrected chi connectivity index (χ2v) is 11.6. The summed E-state index contributed by atoms with van der Waals surface area (Å²) in [7, 11) is -2.43.